The molecule has 128 valence electrons. The van der Waals surface area contributed by atoms with Crippen molar-refractivity contribution in [2.75, 3.05) is 20.3 Å². The van der Waals surface area contributed by atoms with Gasteiger partial charge in [0.25, 0.3) is 5.91 Å². The fourth-order valence-electron chi connectivity index (χ4n) is 3.54. The van der Waals surface area contributed by atoms with E-state index >= 15 is 0 Å². The van der Waals surface area contributed by atoms with Crippen LogP contribution in [0, 0.1) is 12.8 Å². The summed E-state index contributed by atoms with van der Waals surface area (Å²) in [7, 11) is 1.71. The second kappa shape index (κ2) is 6.09. The predicted molar refractivity (Wildman–Crippen MR) is 87.8 cm³/mol. The van der Waals surface area contributed by atoms with Crippen LogP contribution in [0.15, 0.2) is 22.9 Å². The largest absolute Gasteiger partial charge is 0.456 e. The van der Waals surface area contributed by atoms with Crippen LogP contribution < -0.4 is 0 Å². The summed E-state index contributed by atoms with van der Waals surface area (Å²) in [4.78, 5) is 19.1. The van der Waals surface area contributed by atoms with E-state index in [0.29, 0.717) is 25.5 Å². The van der Waals surface area contributed by atoms with Gasteiger partial charge in [-0.15, -0.1) is 0 Å². The van der Waals surface area contributed by atoms with Crippen molar-refractivity contribution in [3.05, 3.63) is 41.4 Å². The summed E-state index contributed by atoms with van der Waals surface area (Å²) in [6.45, 7) is 4.64. The molecule has 1 fully saturated rings. The topological polar surface area (TPSA) is 60.5 Å². The number of imidazole rings is 1. The molecule has 1 atom stereocenters. The van der Waals surface area contributed by atoms with Gasteiger partial charge in [0.2, 0.25) is 0 Å². The molecule has 0 N–H and O–H groups in total. The Morgan fingerprint density at radius 2 is 2.25 bits per heavy atom. The summed E-state index contributed by atoms with van der Waals surface area (Å²) < 4.78 is 13.2. The average molecular weight is 329 g/mol. The number of methoxy groups -OCH3 is 1. The molecule has 1 amide bonds. The lowest BCUT2D eigenvalue weighted by molar-refractivity contribution is 0.0640. The fourth-order valence-corrected chi connectivity index (χ4v) is 3.54. The number of carbonyl (C=O) groups excluding carboxylic acids is 1. The van der Waals surface area contributed by atoms with E-state index in [0.717, 1.165) is 23.9 Å². The van der Waals surface area contributed by atoms with Crippen molar-refractivity contribution in [3.8, 4) is 0 Å². The number of carbonyl (C=O) groups is 1. The zero-order valence-corrected chi connectivity index (χ0v) is 14.2. The van der Waals surface area contributed by atoms with Crippen LogP contribution in [-0.2, 0) is 17.8 Å². The second-order valence-corrected chi connectivity index (χ2v) is 6.92. The number of furan rings is 1. The lowest BCUT2D eigenvalue weighted by Crippen LogP contribution is -2.40. The van der Waals surface area contributed by atoms with Gasteiger partial charge in [0.15, 0.2) is 5.76 Å². The lowest BCUT2D eigenvalue weighted by atomic mass is 9.98. The van der Waals surface area contributed by atoms with Crippen molar-refractivity contribution in [2.45, 2.75) is 38.8 Å². The van der Waals surface area contributed by atoms with E-state index in [1.54, 1.807) is 13.2 Å². The monoisotopic (exact) mass is 329 g/mol. The van der Waals surface area contributed by atoms with Crippen molar-refractivity contribution in [2.24, 2.45) is 5.92 Å². The maximum atomic E-state index is 12.7. The first-order valence-corrected chi connectivity index (χ1v) is 8.54. The van der Waals surface area contributed by atoms with Crippen LogP contribution in [0.2, 0.25) is 0 Å². The van der Waals surface area contributed by atoms with E-state index in [-0.39, 0.29) is 11.8 Å². The normalized spacial score (nSPS) is 20.2. The van der Waals surface area contributed by atoms with E-state index in [9.17, 15) is 4.79 Å². The summed E-state index contributed by atoms with van der Waals surface area (Å²) in [5.41, 5.74) is 2.23. The number of fused-ring (bicyclic) bond motifs is 1. The molecule has 2 aromatic rings. The zero-order valence-electron chi connectivity index (χ0n) is 14.2. The van der Waals surface area contributed by atoms with E-state index < -0.39 is 0 Å². The zero-order chi connectivity index (χ0) is 16.7. The molecule has 2 aromatic heterocycles. The summed E-state index contributed by atoms with van der Waals surface area (Å²) in [6.07, 6.45) is 4.55. The van der Waals surface area contributed by atoms with Crippen LogP contribution in [0.25, 0.3) is 0 Å². The van der Waals surface area contributed by atoms with E-state index in [2.05, 4.69) is 9.55 Å². The van der Waals surface area contributed by atoms with Crippen molar-refractivity contribution in [1.29, 1.82) is 0 Å². The van der Waals surface area contributed by atoms with Crippen molar-refractivity contribution in [1.82, 2.24) is 14.5 Å². The van der Waals surface area contributed by atoms with Crippen LogP contribution in [0.3, 0.4) is 0 Å². The van der Waals surface area contributed by atoms with Gasteiger partial charge in [-0.25, -0.2) is 4.98 Å². The highest BCUT2D eigenvalue weighted by molar-refractivity contribution is 5.91. The quantitative estimate of drug-likeness (QED) is 0.846. The molecule has 1 saturated carbocycles. The smallest absolute Gasteiger partial charge is 0.289 e. The Balaban J connectivity index is 1.59. The molecule has 4 rings (SSSR count). The molecule has 24 heavy (non-hydrogen) atoms. The Hall–Kier alpha value is -2.08. The Morgan fingerprint density at radius 1 is 1.42 bits per heavy atom. The Kier molecular flexibility index (Phi) is 3.92. The SMILES string of the molecule is COC[C@@H]1CN(C(=O)c2ccc(C)o2)Cc2ncn(CC3CC3)c21. The number of nitrogens with zero attached hydrogens (tertiary/aromatic N) is 3. The molecule has 0 saturated heterocycles. The first kappa shape index (κ1) is 15.4. The van der Waals surface area contributed by atoms with Crippen molar-refractivity contribution >= 4 is 5.91 Å². The lowest BCUT2D eigenvalue weighted by Gasteiger charge is -2.32. The third-order valence-corrected chi connectivity index (χ3v) is 4.88. The standard InChI is InChI=1S/C18H23N3O3/c1-12-3-6-16(24-12)18(22)20-8-14(10-23-2)17-15(9-20)19-11-21(17)7-13-4-5-13/h3,6,11,13-14H,4-5,7-10H2,1-2H3/t14-/m0/s1. The minimum Gasteiger partial charge on any atom is -0.456 e. The molecule has 3 heterocycles. The molecular formula is C18H23N3O3. The maximum absolute atomic E-state index is 12.7. The van der Waals surface area contributed by atoms with Gasteiger partial charge in [-0.05, 0) is 37.8 Å². The molecule has 6 heteroatoms. The summed E-state index contributed by atoms with van der Waals surface area (Å²) in [5.74, 6) is 2.01. The molecular weight excluding hydrogens is 306 g/mol. The highest BCUT2D eigenvalue weighted by atomic mass is 16.5. The molecule has 2 aliphatic rings. The van der Waals surface area contributed by atoms with Gasteiger partial charge in [-0.1, -0.05) is 0 Å². The van der Waals surface area contributed by atoms with Crippen LogP contribution in [0.4, 0.5) is 0 Å². The van der Waals surface area contributed by atoms with Gasteiger partial charge < -0.3 is 18.6 Å². The van der Waals surface area contributed by atoms with Crippen molar-refractivity contribution < 1.29 is 13.9 Å². The molecule has 0 aromatic carbocycles. The number of aryl methyl sites for hydroxylation is 1. The number of hydrogen-bond acceptors (Lipinski definition) is 4. The minimum absolute atomic E-state index is 0.0772. The van der Waals surface area contributed by atoms with Crippen LogP contribution in [0.5, 0.6) is 0 Å². The van der Waals surface area contributed by atoms with Gasteiger partial charge in [-0.2, -0.15) is 0 Å². The molecule has 0 unspecified atom stereocenters. The summed E-state index contributed by atoms with van der Waals surface area (Å²) in [6, 6.07) is 3.56. The van der Waals surface area contributed by atoms with Crippen LogP contribution in [-0.4, -0.2) is 40.6 Å². The average Bonchev–Trinajstić information content (AvgIpc) is 3.13. The van der Waals surface area contributed by atoms with Crippen LogP contribution in [0.1, 0.15) is 46.5 Å². The Morgan fingerprint density at radius 3 is 2.92 bits per heavy atom. The highest BCUT2D eigenvalue weighted by Crippen LogP contribution is 2.34. The predicted octanol–water partition coefficient (Wildman–Crippen LogP) is 2.58. The number of hydrogen-bond donors (Lipinski definition) is 0. The molecule has 1 aliphatic carbocycles. The van der Waals surface area contributed by atoms with Gasteiger partial charge in [0.1, 0.15) is 5.76 Å². The first-order valence-electron chi connectivity index (χ1n) is 8.54. The Bertz CT molecular complexity index is 745. The van der Waals surface area contributed by atoms with Gasteiger partial charge in [-0.3, -0.25) is 4.79 Å². The number of rotatable bonds is 5. The van der Waals surface area contributed by atoms with Crippen molar-refractivity contribution in [3.63, 3.8) is 0 Å². The number of aromatic nitrogens is 2. The first-order chi connectivity index (χ1) is 11.7. The molecule has 6 nitrogen and oxygen atoms in total. The number of amides is 1. The molecule has 0 spiro atoms. The Labute approximate surface area is 141 Å². The molecule has 0 radical (unpaired) electrons. The van der Waals surface area contributed by atoms with Gasteiger partial charge in [0, 0.05) is 31.8 Å². The van der Waals surface area contributed by atoms with E-state index in [4.69, 9.17) is 9.15 Å². The minimum atomic E-state index is -0.0772. The highest BCUT2D eigenvalue weighted by Gasteiger charge is 2.34. The third kappa shape index (κ3) is 2.86. The summed E-state index contributed by atoms with van der Waals surface area (Å²) >= 11 is 0. The molecule has 1 aliphatic heterocycles. The van der Waals surface area contributed by atoms with Crippen LogP contribution >= 0.6 is 0 Å². The second-order valence-electron chi connectivity index (χ2n) is 6.92. The summed E-state index contributed by atoms with van der Waals surface area (Å²) in [5, 5.41) is 0. The maximum Gasteiger partial charge on any atom is 0.289 e. The number of ether oxygens (including phenoxy) is 1. The van der Waals surface area contributed by atoms with E-state index in [1.807, 2.05) is 24.2 Å². The van der Waals surface area contributed by atoms with Gasteiger partial charge in [0.05, 0.1) is 25.2 Å². The fraction of sp³-hybridized carbons (Fsp3) is 0.556. The van der Waals surface area contributed by atoms with Gasteiger partial charge >= 0.3 is 0 Å². The third-order valence-electron chi connectivity index (χ3n) is 4.88. The van der Waals surface area contributed by atoms with E-state index in [1.165, 1.54) is 18.5 Å². The molecule has 0 bridgehead atoms.